The molecule has 0 aliphatic carbocycles. The van der Waals surface area contributed by atoms with Crippen LogP contribution in [0.25, 0.3) is 34.6 Å². The van der Waals surface area contributed by atoms with Gasteiger partial charge in [-0.3, -0.25) is 10.1 Å². The van der Waals surface area contributed by atoms with E-state index in [1.165, 1.54) is 24.3 Å². The van der Waals surface area contributed by atoms with Gasteiger partial charge in [0.15, 0.2) is 0 Å². The molecule has 2 aromatic carbocycles. The molecule has 9 heteroatoms. The van der Waals surface area contributed by atoms with Crippen molar-refractivity contribution in [2.45, 2.75) is 0 Å². The smallest absolute Gasteiger partial charge is 0.289 e. The molecule has 2 aromatic heterocycles. The minimum absolute atomic E-state index is 0.0205. The molecule has 0 saturated heterocycles. The molecule has 4 rings (SSSR count). The maximum atomic E-state index is 10.7. The van der Waals surface area contributed by atoms with Gasteiger partial charge in [-0.05, 0) is 24.3 Å². The molecule has 0 amide bonds. The number of nitrogens with zero attached hydrogens (tertiary/aromatic N) is 5. The molecule has 0 spiro atoms. The van der Waals surface area contributed by atoms with Gasteiger partial charge in [0.1, 0.15) is 0 Å². The molecule has 0 radical (unpaired) electrons. The third kappa shape index (κ3) is 2.85. The number of hydrogen-bond acceptors (Lipinski definition) is 8. The van der Waals surface area contributed by atoms with E-state index in [4.69, 9.17) is 8.94 Å². The third-order valence-electron chi connectivity index (χ3n) is 3.39. The zero-order valence-corrected chi connectivity index (χ0v) is 12.6. The summed E-state index contributed by atoms with van der Waals surface area (Å²) in [7, 11) is 0. The summed E-state index contributed by atoms with van der Waals surface area (Å²) in [4.78, 5) is 14.4. The Hall–Kier alpha value is -3.88. The molecule has 0 atom stereocenters. The Morgan fingerprint density at radius 3 is 2.24 bits per heavy atom. The quantitative estimate of drug-likeness (QED) is 0.411. The van der Waals surface area contributed by atoms with Crippen molar-refractivity contribution >= 4 is 5.69 Å². The molecule has 25 heavy (non-hydrogen) atoms. The Morgan fingerprint density at radius 1 is 0.840 bits per heavy atom. The fourth-order valence-electron chi connectivity index (χ4n) is 2.16. The number of non-ortho nitro benzene ring substituents is 1. The van der Waals surface area contributed by atoms with E-state index in [2.05, 4.69) is 20.3 Å². The van der Waals surface area contributed by atoms with Crippen LogP contribution < -0.4 is 0 Å². The van der Waals surface area contributed by atoms with Crippen molar-refractivity contribution in [1.82, 2.24) is 20.3 Å². The summed E-state index contributed by atoms with van der Waals surface area (Å²) in [6, 6.07) is 15.1. The monoisotopic (exact) mass is 335 g/mol. The number of nitro groups is 1. The Morgan fingerprint density at radius 2 is 1.52 bits per heavy atom. The van der Waals surface area contributed by atoms with E-state index >= 15 is 0 Å². The van der Waals surface area contributed by atoms with Crippen LogP contribution in [0.3, 0.4) is 0 Å². The number of aromatic nitrogens is 4. The fourth-order valence-corrected chi connectivity index (χ4v) is 2.16. The molecule has 0 fully saturated rings. The average Bonchev–Trinajstić information content (AvgIpc) is 3.32. The minimum atomic E-state index is -0.480. The molecule has 4 aromatic rings. The molecule has 2 heterocycles. The molecule has 0 unspecified atom stereocenters. The molecular formula is C16H9N5O4. The van der Waals surface area contributed by atoms with Gasteiger partial charge in [-0.15, -0.1) is 10.2 Å². The highest BCUT2D eigenvalue weighted by Gasteiger charge is 2.17. The van der Waals surface area contributed by atoms with Gasteiger partial charge in [-0.25, -0.2) is 0 Å². The largest absolute Gasteiger partial charge is 0.413 e. The fraction of sp³-hybridized carbons (Fsp3) is 0. The lowest BCUT2D eigenvalue weighted by molar-refractivity contribution is -0.384. The van der Waals surface area contributed by atoms with Crippen molar-refractivity contribution < 1.29 is 13.9 Å². The van der Waals surface area contributed by atoms with Crippen LogP contribution in [0.15, 0.2) is 63.5 Å². The van der Waals surface area contributed by atoms with E-state index in [1.54, 1.807) is 0 Å². The van der Waals surface area contributed by atoms with Crippen LogP contribution in [0.1, 0.15) is 0 Å². The first kappa shape index (κ1) is 14.7. The van der Waals surface area contributed by atoms with E-state index in [0.717, 1.165) is 5.56 Å². The summed E-state index contributed by atoms with van der Waals surface area (Å²) in [6.07, 6.45) is 0. The summed E-state index contributed by atoms with van der Waals surface area (Å²) < 4.78 is 10.7. The summed E-state index contributed by atoms with van der Waals surface area (Å²) in [5, 5.41) is 22.4. The Balaban J connectivity index is 1.61. The summed E-state index contributed by atoms with van der Waals surface area (Å²) >= 11 is 0. The third-order valence-corrected chi connectivity index (χ3v) is 3.39. The lowest BCUT2D eigenvalue weighted by Gasteiger charge is -1.93. The molecule has 9 nitrogen and oxygen atoms in total. The number of rotatable bonds is 4. The first-order valence-corrected chi connectivity index (χ1v) is 7.18. The van der Waals surface area contributed by atoms with Gasteiger partial charge < -0.3 is 8.94 Å². The first-order valence-electron chi connectivity index (χ1n) is 7.18. The molecule has 0 saturated carbocycles. The highest BCUT2D eigenvalue weighted by atomic mass is 16.6. The zero-order valence-electron chi connectivity index (χ0n) is 12.6. The van der Waals surface area contributed by atoms with Crippen LogP contribution in [-0.2, 0) is 0 Å². The predicted molar refractivity (Wildman–Crippen MR) is 85.1 cm³/mol. The molecule has 0 bridgehead atoms. The van der Waals surface area contributed by atoms with Gasteiger partial charge in [0.25, 0.3) is 23.3 Å². The number of nitro benzene ring substituents is 1. The molecular weight excluding hydrogens is 326 g/mol. The van der Waals surface area contributed by atoms with E-state index in [-0.39, 0.29) is 23.3 Å². The maximum absolute atomic E-state index is 10.7. The van der Waals surface area contributed by atoms with Crippen LogP contribution in [-0.4, -0.2) is 25.3 Å². The van der Waals surface area contributed by atoms with Gasteiger partial charge >= 0.3 is 0 Å². The van der Waals surface area contributed by atoms with Gasteiger partial charge in [0.2, 0.25) is 5.89 Å². The Kier molecular flexibility index (Phi) is 3.51. The number of hydrogen-bond donors (Lipinski definition) is 0. The van der Waals surface area contributed by atoms with Gasteiger partial charge in [0.05, 0.1) is 4.92 Å². The molecule has 0 aliphatic rings. The van der Waals surface area contributed by atoms with Crippen molar-refractivity contribution in [2.24, 2.45) is 0 Å². The predicted octanol–water partition coefficient (Wildman–Crippen LogP) is 3.36. The van der Waals surface area contributed by atoms with Crippen LogP contribution in [0.4, 0.5) is 5.69 Å². The van der Waals surface area contributed by atoms with Crippen molar-refractivity contribution in [3.05, 3.63) is 64.7 Å². The second-order valence-electron chi connectivity index (χ2n) is 5.01. The first-order chi connectivity index (χ1) is 12.2. The highest BCUT2D eigenvalue weighted by molar-refractivity contribution is 5.58. The maximum Gasteiger partial charge on any atom is 0.289 e. The van der Waals surface area contributed by atoms with Crippen LogP contribution >= 0.6 is 0 Å². The Labute approximate surface area is 140 Å². The SMILES string of the molecule is O=[N+]([O-])c1ccc(-c2nc(-c3nnc(-c4ccccc4)o3)no2)cc1. The van der Waals surface area contributed by atoms with Gasteiger partial charge in [0, 0.05) is 23.3 Å². The van der Waals surface area contributed by atoms with E-state index in [0.29, 0.717) is 11.5 Å². The normalized spacial score (nSPS) is 10.7. The minimum Gasteiger partial charge on any atom is -0.413 e. The van der Waals surface area contributed by atoms with Crippen molar-refractivity contribution in [2.75, 3.05) is 0 Å². The van der Waals surface area contributed by atoms with E-state index in [9.17, 15) is 10.1 Å². The van der Waals surface area contributed by atoms with Crippen LogP contribution in [0.5, 0.6) is 0 Å². The van der Waals surface area contributed by atoms with E-state index in [1.807, 2.05) is 30.3 Å². The van der Waals surface area contributed by atoms with Crippen LogP contribution in [0, 0.1) is 10.1 Å². The average molecular weight is 335 g/mol. The van der Waals surface area contributed by atoms with Crippen LogP contribution in [0.2, 0.25) is 0 Å². The van der Waals surface area contributed by atoms with Crippen molar-refractivity contribution in [3.8, 4) is 34.6 Å². The van der Waals surface area contributed by atoms with Gasteiger partial charge in [-0.2, -0.15) is 4.98 Å². The summed E-state index contributed by atoms with van der Waals surface area (Å²) in [5.41, 5.74) is 1.31. The van der Waals surface area contributed by atoms with Crippen molar-refractivity contribution in [3.63, 3.8) is 0 Å². The van der Waals surface area contributed by atoms with E-state index < -0.39 is 4.92 Å². The highest BCUT2D eigenvalue weighted by Crippen LogP contribution is 2.25. The zero-order chi connectivity index (χ0) is 17.2. The standard InChI is InChI=1S/C16H9N5O4/c22-21(23)12-8-6-11(7-9-12)14-17-13(20-25-14)16-19-18-15(24-16)10-4-2-1-3-5-10/h1-9H. The van der Waals surface area contributed by atoms with Crippen molar-refractivity contribution in [1.29, 1.82) is 0 Å². The molecule has 0 aliphatic heterocycles. The summed E-state index contributed by atoms with van der Waals surface area (Å²) in [6.45, 7) is 0. The Bertz CT molecular complexity index is 1020. The molecule has 122 valence electrons. The van der Waals surface area contributed by atoms with Gasteiger partial charge in [-0.1, -0.05) is 23.4 Å². The second-order valence-corrected chi connectivity index (χ2v) is 5.01. The molecule has 0 N–H and O–H groups in total. The lowest BCUT2D eigenvalue weighted by atomic mass is 10.2. The summed E-state index contributed by atoms with van der Waals surface area (Å²) in [5.74, 6) is 0.806. The number of benzene rings is 2. The topological polar surface area (TPSA) is 121 Å². The second kappa shape index (κ2) is 5.96. The lowest BCUT2D eigenvalue weighted by Crippen LogP contribution is -1.87.